The molecule has 60 valence electrons. The van der Waals surface area contributed by atoms with Gasteiger partial charge in [0.15, 0.2) is 5.82 Å². The Morgan fingerprint density at radius 3 is 2.36 bits per heavy atom. The van der Waals surface area contributed by atoms with Crippen LogP contribution in [0.2, 0.25) is 10.0 Å². The van der Waals surface area contributed by atoms with Gasteiger partial charge in [0.2, 0.25) is 0 Å². The molecule has 0 saturated carbocycles. The molecule has 1 aromatic carbocycles. The summed E-state index contributed by atoms with van der Waals surface area (Å²) in [5, 5.41) is -0.809. The van der Waals surface area contributed by atoms with Crippen LogP contribution in [0.25, 0.3) is 0 Å². The molecule has 0 aromatic heterocycles. The van der Waals surface area contributed by atoms with Crippen molar-refractivity contribution in [3.63, 3.8) is 0 Å². The molecule has 5 heteroatoms. The summed E-state index contributed by atoms with van der Waals surface area (Å²) in [5.74, 6) is -1.71. The molecule has 0 fully saturated rings. The van der Waals surface area contributed by atoms with Crippen LogP contribution in [0.3, 0.4) is 0 Å². The van der Waals surface area contributed by atoms with Crippen LogP contribution in [-0.4, -0.2) is 0 Å². The van der Waals surface area contributed by atoms with Crippen molar-refractivity contribution in [1.29, 1.82) is 0 Å². The average Bonchev–Trinajstić information content (AvgIpc) is 1.97. The van der Waals surface area contributed by atoms with Crippen LogP contribution in [0.15, 0.2) is 6.07 Å². The van der Waals surface area contributed by atoms with E-state index in [1.165, 1.54) is 0 Å². The Morgan fingerprint density at radius 1 is 1.27 bits per heavy atom. The minimum absolute atomic E-state index is 0.371. The zero-order chi connectivity index (χ0) is 8.59. The predicted molar refractivity (Wildman–Crippen MR) is 40.8 cm³/mol. The fourth-order valence-electron chi connectivity index (χ4n) is 0.592. The van der Waals surface area contributed by atoms with E-state index in [0.29, 0.717) is 0 Å². The number of anilines is 1. The first-order valence-electron chi connectivity index (χ1n) is 2.62. The highest BCUT2D eigenvalue weighted by Gasteiger charge is 2.12. The Labute approximate surface area is 71.7 Å². The number of benzene rings is 1. The monoisotopic (exact) mass is 197 g/mol. The Bertz CT molecular complexity index is 275. The minimum Gasteiger partial charge on any atom is -0.395 e. The second kappa shape index (κ2) is 2.83. The zero-order valence-electron chi connectivity index (χ0n) is 5.17. The topological polar surface area (TPSA) is 26.0 Å². The molecule has 0 heterocycles. The smallest absolute Gasteiger partial charge is 0.166 e. The van der Waals surface area contributed by atoms with Crippen LogP contribution in [0.1, 0.15) is 0 Å². The van der Waals surface area contributed by atoms with Crippen LogP contribution in [0.5, 0.6) is 0 Å². The van der Waals surface area contributed by atoms with Gasteiger partial charge in [-0.2, -0.15) is 0 Å². The molecule has 0 amide bonds. The van der Waals surface area contributed by atoms with Gasteiger partial charge >= 0.3 is 0 Å². The molecule has 11 heavy (non-hydrogen) atoms. The fraction of sp³-hybridized carbons (Fsp3) is 0. The zero-order valence-corrected chi connectivity index (χ0v) is 6.68. The fourth-order valence-corrected chi connectivity index (χ4v) is 0.927. The molecule has 0 aliphatic heterocycles. The van der Waals surface area contributed by atoms with Gasteiger partial charge in [0.1, 0.15) is 10.8 Å². The van der Waals surface area contributed by atoms with Crippen LogP contribution in [0.4, 0.5) is 14.5 Å². The molecule has 1 rings (SSSR count). The highest BCUT2D eigenvalue weighted by atomic mass is 35.5. The second-order valence-electron chi connectivity index (χ2n) is 1.88. The average molecular weight is 198 g/mol. The van der Waals surface area contributed by atoms with Gasteiger partial charge < -0.3 is 5.73 Å². The summed E-state index contributed by atoms with van der Waals surface area (Å²) < 4.78 is 25.2. The van der Waals surface area contributed by atoms with Gasteiger partial charge in [0.05, 0.1) is 10.7 Å². The van der Waals surface area contributed by atoms with Gasteiger partial charge in [-0.15, -0.1) is 0 Å². The van der Waals surface area contributed by atoms with Gasteiger partial charge in [-0.25, -0.2) is 8.78 Å². The predicted octanol–water partition coefficient (Wildman–Crippen LogP) is 2.85. The van der Waals surface area contributed by atoms with Crippen LogP contribution >= 0.6 is 23.2 Å². The third-order valence-electron chi connectivity index (χ3n) is 1.15. The van der Waals surface area contributed by atoms with E-state index in [4.69, 9.17) is 28.9 Å². The number of rotatable bonds is 0. The summed E-state index contributed by atoms with van der Waals surface area (Å²) in [6.07, 6.45) is 0. The van der Waals surface area contributed by atoms with Gasteiger partial charge in [-0.1, -0.05) is 23.2 Å². The summed E-state index contributed by atoms with van der Waals surface area (Å²) >= 11 is 10.5. The van der Waals surface area contributed by atoms with Gasteiger partial charge in [0, 0.05) is 0 Å². The number of nitrogens with two attached hydrogens (primary N) is 1. The molecule has 0 unspecified atom stereocenters. The van der Waals surface area contributed by atoms with Crippen molar-refractivity contribution in [1.82, 2.24) is 0 Å². The first-order valence-corrected chi connectivity index (χ1v) is 3.38. The largest absolute Gasteiger partial charge is 0.395 e. The Kier molecular flexibility index (Phi) is 2.20. The van der Waals surface area contributed by atoms with Gasteiger partial charge in [0.25, 0.3) is 0 Å². The standard InChI is InChI=1S/C6H3Cl2F2N/c7-2-1-3(9)4(8)6(11)5(2)10/h1H,11H2. The Morgan fingerprint density at radius 2 is 1.82 bits per heavy atom. The van der Waals surface area contributed by atoms with Crippen LogP contribution in [0, 0.1) is 11.6 Å². The van der Waals surface area contributed by atoms with E-state index in [1.807, 2.05) is 0 Å². The van der Waals surface area contributed by atoms with Crippen LogP contribution < -0.4 is 5.73 Å². The lowest BCUT2D eigenvalue weighted by Gasteiger charge is -2.01. The lowest BCUT2D eigenvalue weighted by atomic mass is 10.3. The number of halogens is 4. The quantitative estimate of drug-likeness (QED) is 0.503. The third-order valence-corrected chi connectivity index (χ3v) is 1.80. The van der Waals surface area contributed by atoms with Crippen molar-refractivity contribution >= 4 is 28.9 Å². The van der Waals surface area contributed by atoms with Crippen molar-refractivity contribution in [3.8, 4) is 0 Å². The Hall–Kier alpha value is -0.540. The summed E-state index contributed by atoms with van der Waals surface area (Å²) in [7, 11) is 0. The van der Waals surface area contributed by atoms with E-state index in [9.17, 15) is 8.78 Å². The first-order chi connectivity index (χ1) is 5.04. The lowest BCUT2D eigenvalue weighted by Crippen LogP contribution is -1.95. The molecule has 1 nitrogen and oxygen atoms in total. The van der Waals surface area contributed by atoms with E-state index in [2.05, 4.69) is 0 Å². The van der Waals surface area contributed by atoms with E-state index < -0.39 is 22.3 Å². The number of hydrogen-bond acceptors (Lipinski definition) is 1. The van der Waals surface area contributed by atoms with Gasteiger partial charge in [-0.05, 0) is 6.07 Å². The second-order valence-corrected chi connectivity index (χ2v) is 2.67. The van der Waals surface area contributed by atoms with Crippen molar-refractivity contribution in [3.05, 3.63) is 27.7 Å². The summed E-state index contributed by atoms with van der Waals surface area (Å²) in [5.41, 5.74) is 4.59. The number of hydrogen-bond donors (Lipinski definition) is 1. The van der Waals surface area contributed by atoms with Crippen molar-refractivity contribution in [2.75, 3.05) is 5.73 Å². The van der Waals surface area contributed by atoms with Crippen molar-refractivity contribution < 1.29 is 8.78 Å². The molecule has 0 aliphatic rings. The number of nitrogen functional groups attached to an aromatic ring is 1. The molecule has 1 aromatic rings. The maximum atomic E-state index is 12.7. The van der Waals surface area contributed by atoms with Crippen molar-refractivity contribution in [2.24, 2.45) is 0 Å². The molecule has 0 atom stereocenters. The maximum Gasteiger partial charge on any atom is 0.166 e. The molecular formula is C6H3Cl2F2N. The maximum absolute atomic E-state index is 12.7. The van der Waals surface area contributed by atoms with E-state index in [1.54, 1.807) is 0 Å². The SMILES string of the molecule is Nc1c(F)c(Cl)cc(F)c1Cl. The highest BCUT2D eigenvalue weighted by molar-refractivity contribution is 6.35. The normalized spacial score (nSPS) is 10.2. The van der Waals surface area contributed by atoms with Gasteiger partial charge in [-0.3, -0.25) is 0 Å². The Balaban J connectivity index is 3.46. The molecule has 0 spiro atoms. The molecule has 0 aliphatic carbocycles. The van der Waals surface area contributed by atoms with E-state index in [-0.39, 0.29) is 5.02 Å². The summed E-state index contributed by atoms with van der Waals surface area (Å²) in [4.78, 5) is 0. The summed E-state index contributed by atoms with van der Waals surface area (Å²) in [6.45, 7) is 0. The summed E-state index contributed by atoms with van der Waals surface area (Å²) in [6, 6.07) is 0.773. The molecular weight excluding hydrogens is 195 g/mol. The van der Waals surface area contributed by atoms with Crippen LogP contribution in [-0.2, 0) is 0 Å². The van der Waals surface area contributed by atoms with E-state index >= 15 is 0 Å². The first kappa shape index (κ1) is 8.56. The third kappa shape index (κ3) is 1.39. The minimum atomic E-state index is -0.891. The molecule has 0 saturated heterocycles. The highest BCUT2D eigenvalue weighted by Crippen LogP contribution is 2.30. The molecule has 2 N–H and O–H groups in total. The molecule has 0 radical (unpaired) electrons. The molecule has 0 bridgehead atoms. The van der Waals surface area contributed by atoms with E-state index in [0.717, 1.165) is 6.07 Å². The lowest BCUT2D eigenvalue weighted by molar-refractivity contribution is 0.605. The van der Waals surface area contributed by atoms with Crippen molar-refractivity contribution in [2.45, 2.75) is 0 Å².